The molecule has 0 saturated carbocycles. The molecule has 0 saturated heterocycles. The minimum Gasteiger partial charge on any atom is -0.318 e. The van der Waals surface area contributed by atoms with E-state index in [2.05, 4.69) is 15.4 Å². The highest BCUT2D eigenvalue weighted by Gasteiger charge is 2.16. The number of aromatic nitrogens is 2. The smallest absolute Gasteiger partial charge is 0.129 e. The number of rotatable bonds is 1. The molecule has 0 amide bonds. The van der Waals surface area contributed by atoms with E-state index in [1.807, 2.05) is 24.3 Å². The van der Waals surface area contributed by atoms with Gasteiger partial charge in [0.2, 0.25) is 0 Å². The first kappa shape index (κ1) is 11.7. The number of nitrogens with one attached hydrogen (secondary N) is 1. The lowest BCUT2D eigenvalue weighted by Crippen LogP contribution is -2.23. The average molecular weight is 281 g/mol. The summed E-state index contributed by atoms with van der Waals surface area (Å²) in [6.45, 7) is 0.726. The van der Waals surface area contributed by atoms with Crippen LogP contribution < -0.4 is 5.43 Å². The Kier molecular flexibility index (Phi) is 2.86. The molecule has 1 aliphatic heterocycles. The first-order valence-corrected chi connectivity index (χ1v) is 6.19. The van der Waals surface area contributed by atoms with Crippen LogP contribution in [0.15, 0.2) is 24.5 Å². The number of hydrogen-bond acceptors (Lipinski definition) is 4. The maximum Gasteiger partial charge on any atom is 0.129 e. The molecule has 0 unspecified atom stereocenters. The Morgan fingerprint density at radius 3 is 2.89 bits per heavy atom. The van der Waals surface area contributed by atoms with Crippen LogP contribution in [0.25, 0.3) is 16.6 Å². The maximum atomic E-state index is 6.39. The van der Waals surface area contributed by atoms with Crippen LogP contribution in [0.4, 0.5) is 0 Å². The van der Waals surface area contributed by atoms with Crippen LogP contribution >= 0.6 is 23.2 Å². The van der Waals surface area contributed by atoms with Crippen molar-refractivity contribution in [3.05, 3.63) is 40.3 Å². The Labute approximate surface area is 114 Å². The zero-order valence-corrected chi connectivity index (χ0v) is 11.1. The summed E-state index contributed by atoms with van der Waals surface area (Å²) in [4.78, 5) is 8.60. The standard InChI is InChI=1S/C12H10Cl2N4/c1-18-6-7(4-16-18)8-5-15-9-2-3-10(13)17-12(9)11(8)14/h2-3,5-6,16H,4H2,1H3. The van der Waals surface area contributed by atoms with E-state index < -0.39 is 0 Å². The molecular formula is C12H10Cl2N4. The molecular weight excluding hydrogens is 271 g/mol. The van der Waals surface area contributed by atoms with Crippen molar-refractivity contribution < 1.29 is 0 Å². The molecule has 0 bridgehead atoms. The highest BCUT2D eigenvalue weighted by molar-refractivity contribution is 6.37. The Bertz CT molecular complexity index is 654. The third-order valence-electron chi connectivity index (χ3n) is 2.83. The van der Waals surface area contributed by atoms with Crippen LogP contribution in [-0.4, -0.2) is 28.6 Å². The second-order valence-corrected chi connectivity index (χ2v) is 4.85. The molecule has 0 aromatic carbocycles. The normalized spacial score (nSPS) is 15.3. The lowest BCUT2D eigenvalue weighted by Gasteiger charge is -2.06. The Morgan fingerprint density at radius 2 is 2.17 bits per heavy atom. The van der Waals surface area contributed by atoms with Crippen molar-refractivity contribution in [1.82, 2.24) is 20.4 Å². The minimum absolute atomic E-state index is 0.416. The molecule has 0 atom stereocenters. The van der Waals surface area contributed by atoms with Crippen molar-refractivity contribution in [2.75, 3.05) is 13.6 Å². The summed E-state index contributed by atoms with van der Waals surface area (Å²) in [5.74, 6) is 0. The van der Waals surface area contributed by atoms with E-state index >= 15 is 0 Å². The molecule has 0 fully saturated rings. The van der Waals surface area contributed by atoms with Gasteiger partial charge in [-0.15, -0.1) is 0 Å². The van der Waals surface area contributed by atoms with E-state index in [1.165, 1.54) is 0 Å². The van der Waals surface area contributed by atoms with Gasteiger partial charge in [0.1, 0.15) is 10.7 Å². The number of nitrogens with zero attached hydrogens (tertiary/aromatic N) is 3. The van der Waals surface area contributed by atoms with Crippen molar-refractivity contribution in [2.45, 2.75) is 0 Å². The van der Waals surface area contributed by atoms with Crippen molar-refractivity contribution in [2.24, 2.45) is 0 Å². The summed E-state index contributed by atoms with van der Waals surface area (Å²) in [7, 11) is 1.94. The van der Waals surface area contributed by atoms with Gasteiger partial charge in [0.25, 0.3) is 0 Å². The summed E-state index contributed by atoms with van der Waals surface area (Å²) in [5, 5.41) is 2.89. The molecule has 0 aliphatic carbocycles. The van der Waals surface area contributed by atoms with Crippen LogP contribution in [0, 0.1) is 0 Å². The van der Waals surface area contributed by atoms with Crippen molar-refractivity contribution >= 4 is 39.8 Å². The first-order chi connectivity index (χ1) is 8.65. The van der Waals surface area contributed by atoms with Crippen molar-refractivity contribution in [1.29, 1.82) is 0 Å². The van der Waals surface area contributed by atoms with E-state index in [1.54, 1.807) is 12.3 Å². The summed E-state index contributed by atoms with van der Waals surface area (Å²) >= 11 is 12.3. The monoisotopic (exact) mass is 280 g/mol. The van der Waals surface area contributed by atoms with Gasteiger partial charge in [-0.3, -0.25) is 4.98 Å². The van der Waals surface area contributed by atoms with Crippen molar-refractivity contribution in [3.8, 4) is 0 Å². The van der Waals surface area contributed by atoms with Gasteiger partial charge in [-0.2, -0.15) is 0 Å². The highest BCUT2D eigenvalue weighted by atomic mass is 35.5. The number of halogens is 2. The molecule has 0 spiro atoms. The Hall–Kier alpha value is -1.36. The quantitative estimate of drug-likeness (QED) is 0.816. The lowest BCUT2D eigenvalue weighted by molar-refractivity contribution is 0.374. The summed E-state index contributed by atoms with van der Waals surface area (Å²) in [5.41, 5.74) is 6.51. The van der Waals surface area contributed by atoms with Crippen LogP contribution in [0.3, 0.4) is 0 Å². The van der Waals surface area contributed by atoms with E-state index in [9.17, 15) is 0 Å². The molecule has 1 N–H and O–H groups in total. The van der Waals surface area contributed by atoms with E-state index in [0.717, 1.165) is 23.2 Å². The molecule has 1 aliphatic rings. The molecule has 18 heavy (non-hydrogen) atoms. The summed E-state index contributed by atoms with van der Waals surface area (Å²) in [6.07, 6.45) is 3.76. The predicted molar refractivity (Wildman–Crippen MR) is 73.3 cm³/mol. The summed E-state index contributed by atoms with van der Waals surface area (Å²) in [6, 6.07) is 3.52. The fourth-order valence-corrected chi connectivity index (χ4v) is 2.39. The third-order valence-corrected chi connectivity index (χ3v) is 3.42. The molecule has 3 rings (SSSR count). The van der Waals surface area contributed by atoms with Gasteiger partial charge in [0.05, 0.1) is 10.5 Å². The predicted octanol–water partition coefficient (Wildman–Crippen LogP) is 2.73. The Morgan fingerprint density at radius 1 is 1.33 bits per heavy atom. The fraction of sp³-hybridized carbons (Fsp3) is 0.167. The molecule has 92 valence electrons. The SMILES string of the molecule is CN1C=C(c2cnc3ccc(Cl)nc3c2Cl)CN1. The number of hydrazine groups is 1. The highest BCUT2D eigenvalue weighted by Crippen LogP contribution is 2.30. The van der Waals surface area contributed by atoms with E-state index in [-0.39, 0.29) is 0 Å². The Balaban J connectivity index is 2.20. The van der Waals surface area contributed by atoms with Gasteiger partial charge < -0.3 is 5.01 Å². The third kappa shape index (κ3) is 1.92. The average Bonchev–Trinajstić information content (AvgIpc) is 2.77. The van der Waals surface area contributed by atoms with Crippen LogP contribution in [0.5, 0.6) is 0 Å². The van der Waals surface area contributed by atoms with Crippen LogP contribution in [-0.2, 0) is 0 Å². The van der Waals surface area contributed by atoms with Gasteiger partial charge in [-0.05, 0) is 17.7 Å². The number of fused-ring (bicyclic) bond motifs is 1. The van der Waals surface area contributed by atoms with E-state index in [4.69, 9.17) is 23.2 Å². The zero-order valence-electron chi connectivity index (χ0n) is 9.61. The summed E-state index contributed by atoms with van der Waals surface area (Å²) < 4.78 is 0. The van der Waals surface area contributed by atoms with Gasteiger partial charge in [0.15, 0.2) is 0 Å². The van der Waals surface area contributed by atoms with Gasteiger partial charge in [-0.25, -0.2) is 10.4 Å². The topological polar surface area (TPSA) is 41.1 Å². The molecule has 3 heterocycles. The zero-order chi connectivity index (χ0) is 12.7. The van der Waals surface area contributed by atoms with Gasteiger partial charge >= 0.3 is 0 Å². The fourth-order valence-electron chi connectivity index (χ4n) is 1.94. The van der Waals surface area contributed by atoms with Gasteiger partial charge in [0, 0.05) is 31.6 Å². The van der Waals surface area contributed by atoms with Crippen LogP contribution in [0.2, 0.25) is 10.2 Å². The van der Waals surface area contributed by atoms with E-state index in [0.29, 0.717) is 15.7 Å². The lowest BCUT2D eigenvalue weighted by atomic mass is 10.1. The second-order valence-electron chi connectivity index (χ2n) is 4.09. The number of hydrogen-bond donors (Lipinski definition) is 1. The largest absolute Gasteiger partial charge is 0.318 e. The van der Waals surface area contributed by atoms with Gasteiger partial charge in [-0.1, -0.05) is 23.2 Å². The van der Waals surface area contributed by atoms with Crippen molar-refractivity contribution in [3.63, 3.8) is 0 Å². The molecule has 0 radical (unpaired) electrons. The molecule has 4 nitrogen and oxygen atoms in total. The second kappa shape index (κ2) is 4.39. The molecule has 2 aromatic rings. The first-order valence-electron chi connectivity index (χ1n) is 5.43. The molecule has 6 heteroatoms. The van der Waals surface area contributed by atoms with Crippen LogP contribution in [0.1, 0.15) is 5.56 Å². The minimum atomic E-state index is 0.416. The maximum absolute atomic E-state index is 6.39. The molecule has 2 aromatic heterocycles. The number of pyridine rings is 2.